The van der Waals surface area contributed by atoms with Crippen molar-refractivity contribution < 1.29 is 13.9 Å². The van der Waals surface area contributed by atoms with Gasteiger partial charge < -0.3 is 24.8 Å². The quantitative estimate of drug-likeness (QED) is 0.687. The first-order valence-electron chi connectivity index (χ1n) is 11.8. The predicted molar refractivity (Wildman–Crippen MR) is 131 cm³/mol. The van der Waals surface area contributed by atoms with E-state index in [-0.39, 0.29) is 17.2 Å². The highest BCUT2D eigenvalue weighted by Gasteiger charge is 2.24. The summed E-state index contributed by atoms with van der Waals surface area (Å²) in [6, 6.07) is 12.8. The van der Waals surface area contributed by atoms with E-state index in [0.29, 0.717) is 24.3 Å². The second kappa shape index (κ2) is 10.5. The molecule has 2 aromatic rings. The Balaban J connectivity index is 1.31. The first-order chi connectivity index (χ1) is 15.9. The zero-order chi connectivity index (χ0) is 23.4. The molecule has 2 aliphatic heterocycles. The molecule has 2 unspecified atom stereocenters. The van der Waals surface area contributed by atoms with Crippen LogP contribution in [-0.4, -0.2) is 75.7 Å². The smallest absolute Gasteiger partial charge is 0.255 e. The molecule has 2 fully saturated rings. The molecule has 0 bridgehead atoms. The Labute approximate surface area is 196 Å². The van der Waals surface area contributed by atoms with Gasteiger partial charge in [0.05, 0.1) is 6.61 Å². The molecule has 2 aromatic carbocycles. The lowest BCUT2D eigenvalue weighted by Gasteiger charge is -2.29. The molecule has 33 heavy (non-hydrogen) atoms. The molecule has 2 aliphatic rings. The molecular formula is C26H35FN4O2. The summed E-state index contributed by atoms with van der Waals surface area (Å²) in [6.07, 6.45) is 3.38. The molecule has 0 radical (unpaired) electrons. The van der Waals surface area contributed by atoms with E-state index in [1.54, 1.807) is 12.1 Å². The third kappa shape index (κ3) is 6.03. The average molecular weight is 455 g/mol. The van der Waals surface area contributed by atoms with E-state index in [1.807, 2.05) is 24.3 Å². The van der Waals surface area contributed by atoms with E-state index in [9.17, 15) is 9.18 Å². The number of likely N-dealkylation sites (N-methyl/N-ethyl adjacent to an activating group) is 1. The standard InChI is InChI=1S/C26H35FN4O2/c1-29(2)23-12-14-31(17-23)22-9-7-21(8-10-22)28-26(32)20-6-11-25(24(27)15-20)33-18-19-5-4-13-30(3)16-19/h6-11,15,19,23H,4-5,12-14,16-18H2,1-3H3,(H,28,32). The van der Waals surface area contributed by atoms with Crippen LogP contribution in [0.15, 0.2) is 42.5 Å². The van der Waals surface area contributed by atoms with Crippen molar-refractivity contribution in [1.82, 2.24) is 9.80 Å². The Kier molecular flexibility index (Phi) is 7.50. The zero-order valence-electron chi connectivity index (χ0n) is 19.9. The summed E-state index contributed by atoms with van der Waals surface area (Å²) in [7, 11) is 6.33. The fourth-order valence-electron chi connectivity index (χ4n) is 4.73. The van der Waals surface area contributed by atoms with Gasteiger partial charge in [0.2, 0.25) is 0 Å². The van der Waals surface area contributed by atoms with Crippen LogP contribution in [0.1, 0.15) is 29.6 Å². The maximum atomic E-state index is 14.6. The lowest BCUT2D eigenvalue weighted by Crippen LogP contribution is -2.34. The fourth-order valence-corrected chi connectivity index (χ4v) is 4.73. The molecule has 0 aromatic heterocycles. The Morgan fingerprint density at radius 3 is 2.58 bits per heavy atom. The van der Waals surface area contributed by atoms with Crippen LogP contribution in [0, 0.1) is 11.7 Å². The van der Waals surface area contributed by atoms with Crippen LogP contribution in [0.2, 0.25) is 0 Å². The van der Waals surface area contributed by atoms with Crippen LogP contribution in [0.25, 0.3) is 0 Å². The molecule has 0 spiro atoms. The number of benzene rings is 2. The van der Waals surface area contributed by atoms with Crippen molar-refractivity contribution in [3.8, 4) is 5.75 Å². The minimum atomic E-state index is -0.508. The molecule has 2 atom stereocenters. The van der Waals surface area contributed by atoms with Crippen molar-refractivity contribution in [1.29, 1.82) is 0 Å². The first kappa shape index (κ1) is 23.5. The van der Waals surface area contributed by atoms with Gasteiger partial charge >= 0.3 is 0 Å². The summed E-state index contributed by atoms with van der Waals surface area (Å²) in [5.74, 6) is -0.239. The van der Waals surface area contributed by atoms with Crippen molar-refractivity contribution in [3.05, 3.63) is 53.8 Å². The summed E-state index contributed by atoms with van der Waals surface area (Å²) in [6.45, 7) is 4.59. The van der Waals surface area contributed by atoms with Gasteiger partial charge in [-0.1, -0.05) is 0 Å². The van der Waals surface area contributed by atoms with Gasteiger partial charge in [-0.25, -0.2) is 4.39 Å². The number of nitrogens with zero attached hydrogens (tertiary/aromatic N) is 3. The first-order valence-corrected chi connectivity index (χ1v) is 11.8. The van der Waals surface area contributed by atoms with Gasteiger partial charge in [0.1, 0.15) is 0 Å². The van der Waals surface area contributed by atoms with Crippen molar-refractivity contribution in [2.24, 2.45) is 5.92 Å². The number of rotatable bonds is 7. The van der Waals surface area contributed by atoms with Crippen LogP contribution in [0.4, 0.5) is 15.8 Å². The summed E-state index contributed by atoms with van der Waals surface area (Å²) in [5, 5.41) is 2.86. The molecule has 4 rings (SSSR count). The largest absolute Gasteiger partial charge is 0.490 e. The van der Waals surface area contributed by atoms with Gasteiger partial charge in [0, 0.05) is 48.5 Å². The third-order valence-electron chi connectivity index (χ3n) is 6.77. The topological polar surface area (TPSA) is 48.1 Å². The Morgan fingerprint density at radius 1 is 1.12 bits per heavy atom. The van der Waals surface area contributed by atoms with Crippen LogP contribution in [0.5, 0.6) is 5.75 Å². The molecule has 0 saturated carbocycles. The summed E-state index contributed by atoms with van der Waals surface area (Å²) in [4.78, 5) is 19.5. The lowest BCUT2D eigenvalue weighted by atomic mass is 9.99. The Bertz CT molecular complexity index is 950. The number of nitrogens with one attached hydrogen (secondary N) is 1. The number of halogens is 1. The Hall–Kier alpha value is -2.64. The van der Waals surface area contributed by atoms with E-state index in [1.165, 1.54) is 6.07 Å². The van der Waals surface area contributed by atoms with E-state index < -0.39 is 5.82 Å². The number of hydrogen-bond acceptors (Lipinski definition) is 5. The van der Waals surface area contributed by atoms with Crippen molar-refractivity contribution >= 4 is 17.3 Å². The number of hydrogen-bond donors (Lipinski definition) is 1. The maximum absolute atomic E-state index is 14.6. The number of amides is 1. The van der Waals surface area contributed by atoms with Gasteiger partial charge in [0.15, 0.2) is 11.6 Å². The van der Waals surface area contributed by atoms with E-state index in [2.05, 4.69) is 41.2 Å². The molecule has 7 heteroatoms. The normalized spacial score (nSPS) is 21.4. The molecule has 1 N–H and O–H groups in total. The molecule has 6 nitrogen and oxygen atoms in total. The summed E-state index contributed by atoms with van der Waals surface area (Å²) >= 11 is 0. The number of carbonyl (C=O) groups is 1. The van der Waals surface area contributed by atoms with E-state index in [0.717, 1.165) is 51.1 Å². The monoisotopic (exact) mass is 454 g/mol. The zero-order valence-corrected chi connectivity index (χ0v) is 19.9. The summed E-state index contributed by atoms with van der Waals surface area (Å²) in [5.41, 5.74) is 2.11. The highest BCUT2D eigenvalue weighted by Crippen LogP contribution is 2.25. The van der Waals surface area contributed by atoms with Gasteiger partial charge in [-0.15, -0.1) is 0 Å². The highest BCUT2D eigenvalue weighted by atomic mass is 19.1. The van der Waals surface area contributed by atoms with Crippen LogP contribution in [-0.2, 0) is 0 Å². The van der Waals surface area contributed by atoms with E-state index in [4.69, 9.17) is 4.74 Å². The van der Waals surface area contributed by atoms with Crippen molar-refractivity contribution in [2.45, 2.75) is 25.3 Å². The van der Waals surface area contributed by atoms with Gasteiger partial charge in [-0.2, -0.15) is 0 Å². The number of piperidine rings is 1. The minimum absolute atomic E-state index is 0.200. The van der Waals surface area contributed by atoms with Crippen LogP contribution in [0.3, 0.4) is 0 Å². The molecule has 0 aliphatic carbocycles. The Morgan fingerprint density at radius 2 is 1.91 bits per heavy atom. The minimum Gasteiger partial charge on any atom is -0.490 e. The number of anilines is 2. The summed E-state index contributed by atoms with van der Waals surface area (Å²) < 4.78 is 20.3. The lowest BCUT2D eigenvalue weighted by molar-refractivity contribution is 0.102. The number of carbonyl (C=O) groups excluding carboxylic acids is 1. The molecule has 2 heterocycles. The van der Waals surface area contributed by atoms with E-state index >= 15 is 0 Å². The molecular weight excluding hydrogens is 419 g/mol. The van der Waals surface area contributed by atoms with Crippen molar-refractivity contribution in [2.75, 3.05) is 64.1 Å². The molecule has 1 amide bonds. The average Bonchev–Trinajstić information content (AvgIpc) is 3.29. The van der Waals surface area contributed by atoms with Crippen molar-refractivity contribution in [3.63, 3.8) is 0 Å². The van der Waals surface area contributed by atoms with Gasteiger partial charge in [-0.3, -0.25) is 4.79 Å². The van der Waals surface area contributed by atoms with Gasteiger partial charge in [-0.05, 0) is 89.4 Å². The molecule has 178 valence electrons. The van der Waals surface area contributed by atoms with Gasteiger partial charge in [0.25, 0.3) is 5.91 Å². The predicted octanol–water partition coefficient (Wildman–Crippen LogP) is 3.94. The maximum Gasteiger partial charge on any atom is 0.255 e. The third-order valence-corrected chi connectivity index (χ3v) is 6.77. The second-order valence-electron chi connectivity index (χ2n) is 9.58. The van der Waals surface area contributed by atoms with Crippen LogP contribution < -0.4 is 15.0 Å². The SMILES string of the molecule is CN1CCCC(COc2ccc(C(=O)Nc3ccc(N4CCC(N(C)C)C4)cc3)cc2F)C1. The highest BCUT2D eigenvalue weighted by molar-refractivity contribution is 6.04. The molecule has 2 saturated heterocycles. The number of likely N-dealkylation sites (tertiary alicyclic amines) is 1. The second-order valence-corrected chi connectivity index (χ2v) is 9.58. The number of ether oxygens (including phenoxy) is 1. The fraction of sp³-hybridized carbons (Fsp3) is 0.500. The van der Waals surface area contributed by atoms with Crippen LogP contribution >= 0.6 is 0 Å².